The highest BCUT2D eigenvalue weighted by Crippen LogP contribution is 2.41. The zero-order chi connectivity index (χ0) is 26.8. The number of hydrogen-bond acceptors (Lipinski definition) is 6. The molecule has 6 rings (SSSR count). The van der Waals surface area contributed by atoms with Crippen LogP contribution in [0.3, 0.4) is 0 Å². The van der Waals surface area contributed by atoms with Crippen molar-refractivity contribution >= 4 is 34.7 Å². The van der Waals surface area contributed by atoms with Gasteiger partial charge in [0.15, 0.2) is 0 Å². The van der Waals surface area contributed by atoms with E-state index in [2.05, 4.69) is 21.9 Å². The Morgan fingerprint density at radius 2 is 1.77 bits per heavy atom. The minimum atomic E-state index is -0.973. The third-order valence-electron chi connectivity index (χ3n) is 8.47. The maximum absolute atomic E-state index is 13.9. The summed E-state index contributed by atoms with van der Waals surface area (Å²) in [4.78, 5) is 38.5. The summed E-state index contributed by atoms with van der Waals surface area (Å²) in [7, 11) is 0. The number of carbonyl (C=O) groups excluding carboxylic acids is 1. The van der Waals surface area contributed by atoms with Crippen LogP contribution < -0.4 is 9.80 Å². The van der Waals surface area contributed by atoms with E-state index >= 15 is 0 Å². The molecular formula is C31H36N4O3S. The van der Waals surface area contributed by atoms with Gasteiger partial charge in [0, 0.05) is 37.3 Å². The molecule has 1 aromatic carbocycles. The number of hydrogen-bond donors (Lipinski definition) is 1. The van der Waals surface area contributed by atoms with Crippen LogP contribution >= 0.6 is 11.3 Å². The molecule has 0 bridgehead atoms. The highest BCUT2D eigenvalue weighted by Gasteiger charge is 2.40. The summed E-state index contributed by atoms with van der Waals surface area (Å²) in [5.74, 6) is 0.408. The SMILES string of the molecule is O=C(O)c1sc(-c2ccccc2)cc1N1C(=O)CN(Cc2ccc(N3CCCC3)nc2)C[C@H]1C1CCCCC1. The Morgan fingerprint density at radius 3 is 2.46 bits per heavy atom. The fourth-order valence-electron chi connectivity index (χ4n) is 6.54. The van der Waals surface area contributed by atoms with Gasteiger partial charge in [0.05, 0.1) is 18.3 Å². The largest absolute Gasteiger partial charge is 0.477 e. The number of carbonyl (C=O) groups is 2. The molecule has 0 radical (unpaired) electrons. The predicted molar refractivity (Wildman–Crippen MR) is 156 cm³/mol. The van der Waals surface area contributed by atoms with Gasteiger partial charge in [0.1, 0.15) is 10.7 Å². The number of rotatable bonds is 7. The van der Waals surface area contributed by atoms with E-state index in [0.717, 1.165) is 67.1 Å². The Bertz CT molecular complexity index is 1300. The molecule has 1 atom stereocenters. The molecule has 1 saturated carbocycles. The lowest BCUT2D eigenvalue weighted by molar-refractivity contribution is -0.123. The Balaban J connectivity index is 1.27. The van der Waals surface area contributed by atoms with Crippen molar-refractivity contribution < 1.29 is 14.7 Å². The van der Waals surface area contributed by atoms with Crippen LogP contribution in [0.15, 0.2) is 54.7 Å². The van der Waals surface area contributed by atoms with E-state index < -0.39 is 5.97 Å². The zero-order valence-corrected chi connectivity index (χ0v) is 23.1. The molecule has 39 heavy (non-hydrogen) atoms. The van der Waals surface area contributed by atoms with Crippen LogP contribution in [0.25, 0.3) is 10.4 Å². The number of aromatic nitrogens is 1. The van der Waals surface area contributed by atoms with Crippen LogP contribution in [-0.4, -0.2) is 59.1 Å². The molecule has 3 fully saturated rings. The summed E-state index contributed by atoms with van der Waals surface area (Å²) in [6, 6.07) is 16.0. The molecule has 0 unspecified atom stereocenters. The molecule has 2 saturated heterocycles. The summed E-state index contributed by atoms with van der Waals surface area (Å²) >= 11 is 1.26. The molecule has 0 spiro atoms. The highest BCUT2D eigenvalue weighted by molar-refractivity contribution is 7.18. The molecule has 8 heteroatoms. The smallest absolute Gasteiger partial charge is 0.348 e. The number of carboxylic acid groups (broad SMARTS) is 1. The first-order chi connectivity index (χ1) is 19.1. The highest BCUT2D eigenvalue weighted by atomic mass is 32.1. The maximum Gasteiger partial charge on any atom is 0.348 e. The number of thiophene rings is 1. The Morgan fingerprint density at radius 1 is 1.00 bits per heavy atom. The van der Waals surface area contributed by atoms with Gasteiger partial charge in [-0.05, 0) is 54.9 Å². The number of anilines is 2. The second-order valence-corrected chi connectivity index (χ2v) is 12.2. The zero-order valence-electron chi connectivity index (χ0n) is 22.3. The van der Waals surface area contributed by atoms with E-state index in [0.29, 0.717) is 18.2 Å². The number of piperazine rings is 1. The first-order valence-corrected chi connectivity index (χ1v) is 15.1. The molecule has 1 N–H and O–H groups in total. The van der Waals surface area contributed by atoms with Crippen LogP contribution in [0.1, 0.15) is 60.2 Å². The van der Waals surface area contributed by atoms with Crippen LogP contribution in [-0.2, 0) is 11.3 Å². The van der Waals surface area contributed by atoms with Crippen molar-refractivity contribution in [3.05, 3.63) is 65.2 Å². The summed E-state index contributed by atoms with van der Waals surface area (Å²) in [5, 5.41) is 10.1. The van der Waals surface area contributed by atoms with Gasteiger partial charge in [-0.2, -0.15) is 0 Å². The van der Waals surface area contributed by atoms with E-state index in [9.17, 15) is 14.7 Å². The number of benzene rings is 1. The molecule has 4 heterocycles. The lowest BCUT2D eigenvalue weighted by Gasteiger charge is -2.45. The van der Waals surface area contributed by atoms with Crippen molar-refractivity contribution in [1.82, 2.24) is 9.88 Å². The van der Waals surface area contributed by atoms with Crippen molar-refractivity contribution in [2.75, 3.05) is 36.0 Å². The van der Waals surface area contributed by atoms with Crippen LogP contribution in [0.5, 0.6) is 0 Å². The number of carboxylic acids is 1. The molecule has 7 nitrogen and oxygen atoms in total. The Labute approximate surface area is 234 Å². The monoisotopic (exact) mass is 544 g/mol. The minimum absolute atomic E-state index is 0.0154. The maximum atomic E-state index is 13.9. The van der Waals surface area contributed by atoms with Crippen molar-refractivity contribution in [2.45, 2.75) is 57.5 Å². The van der Waals surface area contributed by atoms with Crippen molar-refractivity contribution in [3.63, 3.8) is 0 Å². The van der Waals surface area contributed by atoms with Gasteiger partial charge in [-0.25, -0.2) is 9.78 Å². The lowest BCUT2D eigenvalue weighted by Crippen LogP contribution is -2.59. The van der Waals surface area contributed by atoms with Crippen LogP contribution in [0.4, 0.5) is 11.5 Å². The van der Waals surface area contributed by atoms with Gasteiger partial charge in [-0.3, -0.25) is 9.69 Å². The number of aromatic carboxylic acids is 1. The van der Waals surface area contributed by atoms with E-state index in [1.807, 2.05) is 47.5 Å². The van der Waals surface area contributed by atoms with Crippen molar-refractivity contribution in [3.8, 4) is 10.4 Å². The van der Waals surface area contributed by atoms with Crippen molar-refractivity contribution in [1.29, 1.82) is 0 Å². The van der Waals surface area contributed by atoms with E-state index in [4.69, 9.17) is 4.98 Å². The summed E-state index contributed by atoms with van der Waals surface area (Å²) in [6.45, 7) is 3.81. The standard InChI is InChI=1S/C31H36N4O3S/c36-29-21-33(19-22-13-14-28(32-18-22)34-15-7-8-16-34)20-26(23-9-3-1-4-10-23)35(29)25-17-27(39-30(25)31(37)38)24-11-5-2-6-12-24/h2,5-6,11-14,17-18,23,26H,1,3-4,7-10,15-16,19-21H2,(H,37,38)/t26-/m0/s1. The molecular weight excluding hydrogens is 508 g/mol. The molecule has 1 aliphatic carbocycles. The topological polar surface area (TPSA) is 77.0 Å². The predicted octanol–water partition coefficient (Wildman–Crippen LogP) is 5.91. The molecule has 3 aromatic rings. The molecule has 2 aliphatic heterocycles. The van der Waals surface area contributed by atoms with Gasteiger partial charge in [0.2, 0.25) is 5.91 Å². The van der Waals surface area contributed by atoms with Gasteiger partial charge < -0.3 is 14.9 Å². The number of nitrogens with zero attached hydrogens (tertiary/aromatic N) is 4. The molecule has 1 amide bonds. The fraction of sp³-hybridized carbons (Fsp3) is 0.452. The summed E-state index contributed by atoms with van der Waals surface area (Å²) in [6.07, 6.45) is 10.1. The average molecular weight is 545 g/mol. The van der Waals surface area contributed by atoms with Crippen LogP contribution in [0.2, 0.25) is 0 Å². The summed E-state index contributed by atoms with van der Waals surface area (Å²) < 4.78 is 0. The Hall–Kier alpha value is -3.23. The first kappa shape index (κ1) is 26.0. The van der Waals surface area contributed by atoms with E-state index in [-0.39, 0.29) is 23.4 Å². The van der Waals surface area contributed by atoms with E-state index in [1.54, 1.807) is 0 Å². The van der Waals surface area contributed by atoms with E-state index in [1.165, 1.54) is 30.6 Å². The number of amides is 1. The quantitative estimate of drug-likeness (QED) is 0.399. The Kier molecular flexibility index (Phi) is 7.66. The van der Waals surface area contributed by atoms with Gasteiger partial charge in [-0.15, -0.1) is 11.3 Å². The fourth-order valence-corrected chi connectivity index (χ4v) is 7.53. The van der Waals surface area contributed by atoms with Gasteiger partial charge in [-0.1, -0.05) is 55.7 Å². The lowest BCUT2D eigenvalue weighted by atomic mass is 9.82. The normalized spacial score (nSPS) is 21.0. The average Bonchev–Trinajstić information content (AvgIpc) is 3.65. The van der Waals surface area contributed by atoms with Crippen LogP contribution in [0, 0.1) is 5.92 Å². The van der Waals surface area contributed by atoms with Crippen molar-refractivity contribution in [2.24, 2.45) is 5.92 Å². The summed E-state index contributed by atoms with van der Waals surface area (Å²) in [5.41, 5.74) is 2.64. The second kappa shape index (κ2) is 11.5. The molecule has 3 aliphatic rings. The van der Waals surface area contributed by atoms with Gasteiger partial charge in [0.25, 0.3) is 0 Å². The van der Waals surface area contributed by atoms with Gasteiger partial charge >= 0.3 is 5.97 Å². The third kappa shape index (κ3) is 5.58. The minimum Gasteiger partial charge on any atom is -0.477 e. The first-order valence-electron chi connectivity index (χ1n) is 14.2. The molecule has 2 aromatic heterocycles. The number of pyridine rings is 1. The third-order valence-corrected chi connectivity index (χ3v) is 9.63. The molecule has 204 valence electrons. The second-order valence-electron chi connectivity index (χ2n) is 11.1.